The number of nitrogens with zero attached hydrogens (tertiary/aromatic N) is 4. The third kappa shape index (κ3) is 5.29. The number of nitro benzene ring substituents is 2. The van der Waals surface area contributed by atoms with E-state index in [9.17, 15) is 20.2 Å². The first-order valence-corrected chi connectivity index (χ1v) is 11.1. The van der Waals surface area contributed by atoms with Gasteiger partial charge in [-0.15, -0.1) is 0 Å². The fourth-order valence-electron chi connectivity index (χ4n) is 3.46. The summed E-state index contributed by atoms with van der Waals surface area (Å²) < 4.78 is 11.4. The maximum absolute atomic E-state index is 11.3. The molecule has 4 aromatic carbocycles. The number of rotatable bonds is 7. The molecule has 0 aliphatic heterocycles. The minimum absolute atomic E-state index is 0.101. The van der Waals surface area contributed by atoms with E-state index in [4.69, 9.17) is 20.8 Å². The third-order valence-corrected chi connectivity index (χ3v) is 5.53. The number of aromatic nitrogens is 1. The number of ether oxygens (including phenoxy) is 1. The van der Waals surface area contributed by atoms with Crippen molar-refractivity contribution in [1.82, 2.24) is 4.98 Å². The number of non-ortho nitro benzene ring substituents is 1. The smallest absolute Gasteiger partial charge is 0.318 e. The second kappa shape index (κ2) is 9.88. The van der Waals surface area contributed by atoms with Crippen molar-refractivity contribution >= 4 is 46.0 Å². The lowest BCUT2D eigenvalue weighted by atomic mass is 10.2. The van der Waals surface area contributed by atoms with Crippen LogP contribution in [0.4, 0.5) is 17.1 Å². The molecule has 0 unspecified atom stereocenters. The van der Waals surface area contributed by atoms with Crippen molar-refractivity contribution in [3.8, 4) is 23.0 Å². The third-order valence-electron chi connectivity index (χ3n) is 5.28. The molecule has 0 spiro atoms. The van der Waals surface area contributed by atoms with Crippen LogP contribution in [0.3, 0.4) is 0 Å². The zero-order valence-corrected chi connectivity index (χ0v) is 19.5. The summed E-state index contributed by atoms with van der Waals surface area (Å²) in [6, 6.07) is 22.5. The Morgan fingerprint density at radius 2 is 1.65 bits per heavy atom. The molecule has 5 aromatic rings. The summed E-state index contributed by atoms with van der Waals surface area (Å²) >= 11 is 5.94. The highest BCUT2D eigenvalue weighted by atomic mass is 35.5. The summed E-state index contributed by atoms with van der Waals surface area (Å²) in [5.41, 5.74) is 2.64. The lowest BCUT2D eigenvalue weighted by molar-refractivity contribution is -0.394. The van der Waals surface area contributed by atoms with Gasteiger partial charge in [0.1, 0.15) is 11.3 Å². The van der Waals surface area contributed by atoms with E-state index in [1.165, 1.54) is 6.07 Å². The van der Waals surface area contributed by atoms with Crippen molar-refractivity contribution in [2.75, 3.05) is 0 Å². The van der Waals surface area contributed by atoms with Gasteiger partial charge in [0.25, 0.3) is 5.69 Å². The van der Waals surface area contributed by atoms with Crippen molar-refractivity contribution in [3.63, 3.8) is 0 Å². The highest BCUT2D eigenvalue weighted by Gasteiger charge is 2.21. The topological polar surface area (TPSA) is 134 Å². The van der Waals surface area contributed by atoms with Crippen LogP contribution < -0.4 is 4.74 Å². The van der Waals surface area contributed by atoms with Crippen LogP contribution in [-0.4, -0.2) is 21.0 Å². The monoisotopic (exact) mass is 514 g/mol. The lowest BCUT2D eigenvalue weighted by Crippen LogP contribution is -1.96. The van der Waals surface area contributed by atoms with Crippen LogP contribution in [0.1, 0.15) is 5.56 Å². The normalized spacial score (nSPS) is 11.2. The van der Waals surface area contributed by atoms with E-state index in [0.717, 1.165) is 23.3 Å². The number of halogens is 1. The van der Waals surface area contributed by atoms with Gasteiger partial charge in [-0.25, -0.2) is 4.98 Å². The predicted octanol–water partition coefficient (Wildman–Crippen LogP) is 7.51. The Bertz CT molecular complexity index is 1660. The standard InChI is InChI=1S/C26H15ClN4O6/c27-18-5-3-17(4-6-18)26-29-22-13-19(7-11-24(22)37-26)28-15-16-1-9-21(10-2-16)36-25-12-8-20(30(32)33)14-23(25)31(34)35/h1-15H. The molecular weight excluding hydrogens is 500 g/mol. The van der Waals surface area contributed by atoms with Crippen LogP contribution in [0, 0.1) is 20.2 Å². The molecule has 37 heavy (non-hydrogen) atoms. The summed E-state index contributed by atoms with van der Waals surface area (Å²) in [4.78, 5) is 29.8. The molecule has 0 fully saturated rings. The number of hydrogen-bond acceptors (Lipinski definition) is 8. The summed E-state index contributed by atoms with van der Waals surface area (Å²) in [7, 11) is 0. The zero-order chi connectivity index (χ0) is 25.9. The molecule has 1 heterocycles. The van der Waals surface area contributed by atoms with Crippen molar-refractivity contribution in [1.29, 1.82) is 0 Å². The van der Waals surface area contributed by atoms with Gasteiger partial charge >= 0.3 is 5.69 Å². The Labute approximate surface area is 213 Å². The van der Waals surface area contributed by atoms with E-state index in [1.807, 2.05) is 12.1 Å². The first-order chi connectivity index (χ1) is 17.9. The Balaban J connectivity index is 1.31. The number of oxazole rings is 1. The highest BCUT2D eigenvalue weighted by molar-refractivity contribution is 6.30. The second-order valence-electron chi connectivity index (χ2n) is 7.77. The molecule has 5 rings (SSSR count). The first-order valence-electron chi connectivity index (χ1n) is 10.8. The predicted molar refractivity (Wildman–Crippen MR) is 138 cm³/mol. The van der Waals surface area contributed by atoms with Crippen LogP contribution >= 0.6 is 11.6 Å². The van der Waals surface area contributed by atoms with Crippen molar-refractivity contribution in [2.45, 2.75) is 0 Å². The molecular formula is C26H15ClN4O6. The summed E-state index contributed by atoms with van der Waals surface area (Å²) in [6.45, 7) is 0. The van der Waals surface area contributed by atoms with Crippen molar-refractivity contribution in [3.05, 3.63) is 116 Å². The molecule has 0 amide bonds. The van der Waals surface area contributed by atoms with Gasteiger partial charge in [-0.05, 0) is 78.4 Å². The number of nitro groups is 2. The Morgan fingerprint density at radius 1 is 0.892 bits per heavy atom. The second-order valence-corrected chi connectivity index (χ2v) is 8.21. The number of hydrogen-bond donors (Lipinski definition) is 0. The zero-order valence-electron chi connectivity index (χ0n) is 18.8. The van der Waals surface area contributed by atoms with Crippen LogP contribution in [0.2, 0.25) is 5.02 Å². The van der Waals surface area contributed by atoms with Gasteiger partial charge < -0.3 is 9.15 Å². The van der Waals surface area contributed by atoms with Gasteiger partial charge in [0.05, 0.1) is 21.6 Å². The number of benzene rings is 4. The fourth-order valence-corrected chi connectivity index (χ4v) is 3.58. The molecule has 1 aromatic heterocycles. The average molecular weight is 515 g/mol. The van der Waals surface area contributed by atoms with E-state index in [2.05, 4.69) is 9.98 Å². The maximum atomic E-state index is 11.3. The van der Waals surface area contributed by atoms with Gasteiger partial charge in [-0.3, -0.25) is 25.2 Å². The van der Waals surface area contributed by atoms with E-state index >= 15 is 0 Å². The molecule has 0 radical (unpaired) electrons. The molecule has 0 aliphatic carbocycles. The van der Waals surface area contributed by atoms with E-state index < -0.39 is 21.2 Å². The van der Waals surface area contributed by atoms with Crippen LogP contribution in [0.15, 0.2) is 94.3 Å². The molecule has 182 valence electrons. The number of aliphatic imine (C=N–C) groups is 1. The minimum atomic E-state index is -0.729. The fraction of sp³-hybridized carbons (Fsp3) is 0. The van der Waals surface area contributed by atoms with Gasteiger partial charge in [0, 0.05) is 22.9 Å². The molecule has 0 N–H and O–H groups in total. The lowest BCUT2D eigenvalue weighted by Gasteiger charge is -2.06. The molecule has 0 atom stereocenters. The highest BCUT2D eigenvalue weighted by Crippen LogP contribution is 2.34. The summed E-state index contributed by atoms with van der Waals surface area (Å²) in [5.74, 6) is 0.709. The molecule has 0 bridgehead atoms. The first kappa shape index (κ1) is 23.6. The molecule has 0 saturated carbocycles. The van der Waals surface area contributed by atoms with Crippen molar-refractivity contribution in [2.24, 2.45) is 4.99 Å². The average Bonchev–Trinajstić information content (AvgIpc) is 3.32. The SMILES string of the molecule is O=[N+]([O-])c1ccc(Oc2ccc(C=Nc3ccc4oc(-c5ccc(Cl)cc5)nc4c3)cc2)c([N+](=O)[O-])c1. The maximum Gasteiger partial charge on any atom is 0.318 e. The van der Waals surface area contributed by atoms with E-state index in [-0.39, 0.29) is 5.75 Å². The molecule has 11 heteroatoms. The number of fused-ring (bicyclic) bond motifs is 1. The van der Waals surface area contributed by atoms with Crippen molar-refractivity contribution < 1.29 is 19.0 Å². The van der Waals surface area contributed by atoms with Crippen LogP contribution in [0.5, 0.6) is 11.5 Å². The quantitative estimate of drug-likeness (QED) is 0.124. The van der Waals surface area contributed by atoms with Gasteiger partial charge in [0.2, 0.25) is 11.6 Å². The van der Waals surface area contributed by atoms with Crippen LogP contribution in [-0.2, 0) is 0 Å². The van der Waals surface area contributed by atoms with Gasteiger partial charge in [-0.1, -0.05) is 11.6 Å². The summed E-state index contributed by atoms with van der Waals surface area (Å²) in [5, 5.41) is 22.8. The molecule has 0 aliphatic rings. The molecule has 0 saturated heterocycles. The van der Waals surface area contributed by atoms with E-state index in [1.54, 1.807) is 60.8 Å². The Hall–Kier alpha value is -5.09. The van der Waals surface area contributed by atoms with Gasteiger partial charge in [-0.2, -0.15) is 0 Å². The minimum Gasteiger partial charge on any atom is -0.450 e. The van der Waals surface area contributed by atoms with Crippen LogP contribution in [0.25, 0.3) is 22.6 Å². The van der Waals surface area contributed by atoms with E-state index in [0.29, 0.717) is 33.4 Å². The van der Waals surface area contributed by atoms with Gasteiger partial charge in [0.15, 0.2) is 5.58 Å². The Morgan fingerprint density at radius 3 is 2.35 bits per heavy atom. The largest absolute Gasteiger partial charge is 0.450 e. The summed E-state index contributed by atoms with van der Waals surface area (Å²) in [6.07, 6.45) is 1.65. The molecule has 10 nitrogen and oxygen atoms in total. The Kier molecular flexibility index (Phi) is 6.31.